The monoisotopic (exact) mass is 430 g/mol. The summed E-state index contributed by atoms with van der Waals surface area (Å²) in [5, 5.41) is 20.0. The van der Waals surface area contributed by atoms with E-state index in [1.165, 1.54) is 32.0 Å². The predicted octanol–water partition coefficient (Wildman–Crippen LogP) is 1.83. The van der Waals surface area contributed by atoms with E-state index in [0.717, 1.165) is 12.1 Å². The number of anilines is 1. The summed E-state index contributed by atoms with van der Waals surface area (Å²) in [6.07, 6.45) is 0.845. The van der Waals surface area contributed by atoms with Crippen LogP contribution in [0.1, 0.15) is 28.4 Å². The first-order chi connectivity index (χ1) is 14.9. The summed E-state index contributed by atoms with van der Waals surface area (Å²) in [4.78, 5) is 27.7. The van der Waals surface area contributed by atoms with E-state index >= 15 is 0 Å². The molecule has 0 radical (unpaired) electrons. The minimum atomic E-state index is -0.519. The highest BCUT2D eigenvalue weighted by atomic mass is 16.8. The average molecular weight is 430 g/mol. The summed E-state index contributed by atoms with van der Waals surface area (Å²) in [5.41, 5.74) is 0.349. The number of likely N-dealkylation sites (tertiary alicyclic amines) is 1. The van der Waals surface area contributed by atoms with Crippen molar-refractivity contribution in [1.29, 1.82) is 0 Å². The summed E-state index contributed by atoms with van der Waals surface area (Å²) < 4.78 is 17.6. The van der Waals surface area contributed by atoms with Gasteiger partial charge in [-0.25, -0.2) is 0 Å². The number of rotatable bonds is 5. The van der Waals surface area contributed by atoms with Crippen LogP contribution >= 0.6 is 0 Å². The quantitative estimate of drug-likeness (QED) is 0.714. The lowest BCUT2D eigenvalue weighted by atomic mass is 9.83. The number of aromatic nitrogens is 1. The standard InChI is InChI=1S/C21H24N3O7/c1-29-17-7-13(8-18(30-2)19(17)31-3)20(25)22-9-12-6-14(11-22)15-4-5-16(24(27)28)21(26)23(15)10-12/h4-5,7-8,12,14,27H,6,9-11H2,1-3H3/q-1/t12-,14-/m1/s1. The molecule has 31 heavy (non-hydrogen) atoms. The molecule has 1 saturated heterocycles. The molecule has 0 aliphatic carbocycles. The molecule has 1 N–H and O–H groups in total. The Kier molecular flexibility index (Phi) is 5.50. The number of amides is 1. The zero-order valence-corrected chi connectivity index (χ0v) is 17.5. The fourth-order valence-electron chi connectivity index (χ4n) is 4.63. The van der Waals surface area contributed by atoms with Crippen LogP contribution in [-0.2, 0) is 6.54 Å². The second kappa shape index (κ2) is 8.12. The molecular formula is C21H24N3O7-. The van der Waals surface area contributed by atoms with Crippen molar-refractivity contribution in [3.63, 3.8) is 0 Å². The molecule has 2 aromatic rings. The van der Waals surface area contributed by atoms with Crippen molar-refractivity contribution < 1.29 is 24.2 Å². The van der Waals surface area contributed by atoms with E-state index in [9.17, 15) is 14.8 Å². The third kappa shape index (κ3) is 3.57. The van der Waals surface area contributed by atoms with Crippen LogP contribution in [0.25, 0.3) is 0 Å². The topological polar surface area (TPSA) is 117 Å². The molecule has 2 atom stereocenters. The number of carbonyl (C=O) groups excluding carboxylic acids is 1. The van der Waals surface area contributed by atoms with Crippen molar-refractivity contribution in [3.8, 4) is 17.2 Å². The Balaban J connectivity index is 1.64. The lowest BCUT2D eigenvalue weighted by Crippen LogP contribution is -2.49. The lowest BCUT2D eigenvalue weighted by Gasteiger charge is -2.43. The third-order valence-corrected chi connectivity index (χ3v) is 5.99. The number of methoxy groups -OCH3 is 3. The molecule has 2 aliphatic rings. The maximum absolute atomic E-state index is 13.3. The van der Waals surface area contributed by atoms with Crippen LogP contribution in [0, 0.1) is 11.1 Å². The Labute approximate surface area is 178 Å². The maximum atomic E-state index is 13.3. The van der Waals surface area contributed by atoms with Gasteiger partial charge in [-0.2, -0.15) is 0 Å². The molecule has 3 heterocycles. The molecule has 2 aliphatic heterocycles. The Morgan fingerprint density at radius 2 is 1.77 bits per heavy atom. The third-order valence-electron chi connectivity index (χ3n) is 5.99. The fraction of sp³-hybridized carbons (Fsp3) is 0.429. The number of hydrogen-bond donors (Lipinski definition) is 1. The van der Waals surface area contributed by atoms with Crippen LogP contribution in [0.5, 0.6) is 17.2 Å². The van der Waals surface area contributed by atoms with Gasteiger partial charge >= 0.3 is 0 Å². The summed E-state index contributed by atoms with van der Waals surface area (Å²) in [7, 11) is 4.49. The SMILES string of the molecule is COc1cc(C(=O)N2C[C@H]3C[C@H](C2)c2ccc(N([O-])O)c(=O)n2C3)cc(OC)c1OC. The van der Waals surface area contributed by atoms with Gasteiger partial charge in [0, 0.05) is 36.8 Å². The summed E-state index contributed by atoms with van der Waals surface area (Å²) in [6.45, 7) is 1.29. The van der Waals surface area contributed by atoms with Crippen molar-refractivity contribution in [2.45, 2.75) is 18.9 Å². The van der Waals surface area contributed by atoms with Gasteiger partial charge in [0.1, 0.15) is 5.69 Å². The number of hydrogen-bond acceptors (Lipinski definition) is 8. The van der Waals surface area contributed by atoms with Gasteiger partial charge in [-0.1, -0.05) is 0 Å². The molecule has 0 saturated carbocycles. The van der Waals surface area contributed by atoms with Gasteiger partial charge in [0.05, 0.1) is 21.3 Å². The number of nitrogens with zero attached hydrogens (tertiary/aromatic N) is 3. The molecule has 10 nitrogen and oxygen atoms in total. The number of pyridine rings is 1. The summed E-state index contributed by atoms with van der Waals surface area (Å²) in [6, 6.07) is 6.25. The molecule has 1 fully saturated rings. The molecule has 166 valence electrons. The highest BCUT2D eigenvalue weighted by Crippen LogP contribution is 2.40. The fourth-order valence-corrected chi connectivity index (χ4v) is 4.63. The van der Waals surface area contributed by atoms with Gasteiger partial charge in [0.25, 0.3) is 11.5 Å². The van der Waals surface area contributed by atoms with Gasteiger partial charge < -0.3 is 34.1 Å². The highest BCUT2D eigenvalue weighted by molar-refractivity contribution is 5.95. The molecule has 10 heteroatoms. The lowest BCUT2D eigenvalue weighted by molar-refractivity contribution is 0.0593. The molecular weight excluding hydrogens is 406 g/mol. The Hall–Kier alpha value is -3.24. The molecule has 0 unspecified atom stereocenters. The van der Waals surface area contributed by atoms with Gasteiger partial charge in [-0.15, -0.1) is 0 Å². The van der Waals surface area contributed by atoms with E-state index < -0.39 is 10.8 Å². The number of carbonyl (C=O) groups is 1. The largest absolute Gasteiger partial charge is 0.733 e. The molecule has 4 rings (SSSR count). The number of fused-ring (bicyclic) bond motifs is 4. The van der Waals surface area contributed by atoms with Crippen molar-refractivity contribution in [1.82, 2.24) is 9.47 Å². The molecule has 2 bridgehead atoms. The Morgan fingerprint density at radius 1 is 1.10 bits per heavy atom. The van der Waals surface area contributed by atoms with E-state index in [4.69, 9.17) is 19.4 Å². The number of piperidine rings is 1. The second-order valence-electron chi connectivity index (χ2n) is 7.75. The van der Waals surface area contributed by atoms with Gasteiger partial charge in [-0.3, -0.25) is 14.8 Å². The maximum Gasteiger partial charge on any atom is 0.275 e. The number of benzene rings is 1. The van der Waals surface area contributed by atoms with E-state index in [0.29, 0.717) is 42.4 Å². The Morgan fingerprint density at radius 3 is 2.35 bits per heavy atom. The summed E-state index contributed by atoms with van der Waals surface area (Å²) in [5.74, 6) is 1.07. The van der Waals surface area contributed by atoms with Crippen LogP contribution < -0.4 is 25.0 Å². The van der Waals surface area contributed by atoms with Crippen LogP contribution in [0.2, 0.25) is 0 Å². The molecule has 1 amide bonds. The normalized spacial score (nSPS) is 19.5. The van der Waals surface area contributed by atoms with Crippen LogP contribution in [0.3, 0.4) is 0 Å². The van der Waals surface area contributed by atoms with E-state index in [2.05, 4.69) is 0 Å². The molecule has 0 spiro atoms. The number of ether oxygens (including phenoxy) is 3. The van der Waals surface area contributed by atoms with Crippen molar-refractivity contribution in [2.24, 2.45) is 5.92 Å². The molecule has 1 aromatic heterocycles. The second-order valence-corrected chi connectivity index (χ2v) is 7.75. The highest BCUT2D eigenvalue weighted by Gasteiger charge is 2.37. The predicted molar refractivity (Wildman–Crippen MR) is 111 cm³/mol. The van der Waals surface area contributed by atoms with Gasteiger partial charge in [0.2, 0.25) is 5.75 Å². The van der Waals surface area contributed by atoms with Crippen LogP contribution in [0.15, 0.2) is 29.1 Å². The minimum Gasteiger partial charge on any atom is -0.733 e. The van der Waals surface area contributed by atoms with Crippen molar-refractivity contribution in [2.75, 3.05) is 39.6 Å². The Bertz CT molecular complexity index is 1040. The zero-order valence-electron chi connectivity index (χ0n) is 17.5. The van der Waals surface area contributed by atoms with Gasteiger partial charge in [0.15, 0.2) is 11.5 Å². The van der Waals surface area contributed by atoms with E-state index in [-0.39, 0.29) is 23.4 Å². The first-order valence-electron chi connectivity index (χ1n) is 9.87. The van der Waals surface area contributed by atoms with Crippen LogP contribution in [0.4, 0.5) is 5.69 Å². The smallest absolute Gasteiger partial charge is 0.275 e. The molecule has 1 aromatic carbocycles. The zero-order chi connectivity index (χ0) is 22.3. The van der Waals surface area contributed by atoms with Crippen LogP contribution in [-0.4, -0.2) is 55.0 Å². The summed E-state index contributed by atoms with van der Waals surface area (Å²) >= 11 is 0. The van der Waals surface area contributed by atoms with Crippen molar-refractivity contribution in [3.05, 3.63) is 51.1 Å². The van der Waals surface area contributed by atoms with Gasteiger partial charge in [-0.05, 0) is 36.6 Å². The average Bonchev–Trinajstić information content (AvgIpc) is 2.77. The first kappa shape index (κ1) is 21.0. The van der Waals surface area contributed by atoms with E-state index in [1.54, 1.807) is 23.1 Å². The van der Waals surface area contributed by atoms with Crippen molar-refractivity contribution >= 4 is 11.6 Å². The minimum absolute atomic E-state index is 0.0426. The first-order valence-corrected chi connectivity index (χ1v) is 9.87. The van der Waals surface area contributed by atoms with E-state index in [1.807, 2.05) is 0 Å².